The van der Waals surface area contributed by atoms with E-state index in [0.29, 0.717) is 27.5 Å². The zero-order chi connectivity index (χ0) is 21.5. The smallest absolute Gasteiger partial charge is 0.267 e. The number of aromatic nitrogens is 2. The van der Waals surface area contributed by atoms with Crippen LogP contribution in [0.1, 0.15) is 22.5 Å². The van der Waals surface area contributed by atoms with Gasteiger partial charge < -0.3 is 19.1 Å². The number of methoxy groups -OCH3 is 3. The van der Waals surface area contributed by atoms with Crippen molar-refractivity contribution < 1.29 is 27.8 Å². The van der Waals surface area contributed by atoms with Crippen molar-refractivity contribution in [2.45, 2.75) is 12.3 Å². The third kappa shape index (κ3) is 3.51. The van der Waals surface area contributed by atoms with E-state index in [-0.39, 0.29) is 30.2 Å². The Hall–Kier alpha value is -3.01. The second kappa shape index (κ2) is 7.67. The summed E-state index contributed by atoms with van der Waals surface area (Å²) in [4.78, 5) is 23.6. The predicted octanol–water partition coefficient (Wildman–Crippen LogP) is 3.79. The van der Waals surface area contributed by atoms with Crippen LogP contribution in [0.3, 0.4) is 0 Å². The number of anilines is 1. The molecule has 1 saturated heterocycles. The Kier molecular flexibility index (Phi) is 5.19. The maximum absolute atomic E-state index is 13.7. The maximum Gasteiger partial charge on any atom is 0.267 e. The SMILES string of the molecule is COc1cc(C(=O)c2nc(N3CCC(F)(F)C3)nc3ccsc23)cc(OC)c1OC. The lowest BCUT2D eigenvalue weighted by Gasteiger charge is -2.17. The molecule has 0 N–H and O–H groups in total. The standard InChI is InChI=1S/C20H19F2N3O4S/c1-27-13-8-11(9-14(28-2)17(13)29-3)16(26)15-18-12(4-7-30-18)23-19(24-15)25-6-5-20(21,22)10-25/h4,7-9H,5-6,10H2,1-3H3. The highest BCUT2D eigenvalue weighted by molar-refractivity contribution is 7.17. The van der Waals surface area contributed by atoms with Gasteiger partial charge in [0, 0.05) is 18.5 Å². The third-order valence-electron chi connectivity index (χ3n) is 4.89. The number of ether oxygens (including phenoxy) is 3. The number of benzene rings is 1. The summed E-state index contributed by atoms with van der Waals surface area (Å²) in [6, 6.07) is 4.81. The van der Waals surface area contributed by atoms with Crippen LogP contribution in [0.25, 0.3) is 10.2 Å². The maximum atomic E-state index is 13.7. The molecule has 0 unspecified atom stereocenters. The molecule has 0 aliphatic carbocycles. The molecule has 2 aromatic heterocycles. The van der Waals surface area contributed by atoms with Crippen LogP contribution in [-0.4, -0.2) is 56.1 Å². The minimum atomic E-state index is -2.80. The lowest BCUT2D eigenvalue weighted by molar-refractivity contribution is 0.0256. The van der Waals surface area contributed by atoms with Crippen molar-refractivity contribution in [1.29, 1.82) is 0 Å². The van der Waals surface area contributed by atoms with E-state index in [1.54, 1.807) is 11.4 Å². The van der Waals surface area contributed by atoms with Gasteiger partial charge in [0.2, 0.25) is 17.5 Å². The number of alkyl halides is 2. The Bertz CT molecular complexity index is 1090. The topological polar surface area (TPSA) is 73.8 Å². The van der Waals surface area contributed by atoms with E-state index in [9.17, 15) is 13.6 Å². The van der Waals surface area contributed by atoms with Crippen LogP contribution in [0.15, 0.2) is 23.6 Å². The van der Waals surface area contributed by atoms with E-state index >= 15 is 0 Å². The number of ketones is 1. The zero-order valence-electron chi connectivity index (χ0n) is 16.6. The molecule has 3 aromatic rings. The molecule has 0 amide bonds. The summed E-state index contributed by atoms with van der Waals surface area (Å²) in [6.45, 7) is -0.346. The zero-order valence-corrected chi connectivity index (χ0v) is 17.4. The number of hydrogen-bond acceptors (Lipinski definition) is 8. The van der Waals surface area contributed by atoms with Gasteiger partial charge >= 0.3 is 0 Å². The highest BCUT2D eigenvalue weighted by Crippen LogP contribution is 2.39. The first kappa shape index (κ1) is 20.3. The highest BCUT2D eigenvalue weighted by atomic mass is 32.1. The molecule has 7 nitrogen and oxygen atoms in total. The quantitative estimate of drug-likeness (QED) is 0.546. The number of halogens is 2. The normalized spacial score (nSPS) is 15.4. The molecule has 1 fully saturated rings. The Balaban J connectivity index is 1.81. The fraction of sp³-hybridized carbons (Fsp3) is 0.350. The van der Waals surface area contributed by atoms with E-state index in [4.69, 9.17) is 14.2 Å². The van der Waals surface area contributed by atoms with E-state index in [2.05, 4.69) is 9.97 Å². The molecule has 1 aliphatic rings. The Morgan fingerprint density at radius 1 is 1.13 bits per heavy atom. The third-order valence-corrected chi connectivity index (χ3v) is 5.80. The van der Waals surface area contributed by atoms with Crippen LogP contribution in [0.2, 0.25) is 0 Å². The molecule has 4 rings (SSSR count). The first-order chi connectivity index (χ1) is 14.4. The molecule has 10 heteroatoms. The molecular formula is C20H19F2N3O4S. The number of carbonyl (C=O) groups excluding carboxylic acids is 1. The lowest BCUT2D eigenvalue weighted by Crippen LogP contribution is -2.27. The number of thiophene rings is 1. The van der Waals surface area contributed by atoms with Gasteiger partial charge in [0.05, 0.1) is 38.1 Å². The van der Waals surface area contributed by atoms with Gasteiger partial charge in [-0.2, -0.15) is 0 Å². The molecule has 0 saturated carbocycles. The summed E-state index contributed by atoms with van der Waals surface area (Å²) < 4.78 is 43.9. The Morgan fingerprint density at radius 3 is 2.40 bits per heavy atom. The van der Waals surface area contributed by atoms with Gasteiger partial charge in [0.15, 0.2) is 11.5 Å². The number of carbonyl (C=O) groups is 1. The van der Waals surface area contributed by atoms with Crippen LogP contribution in [0, 0.1) is 0 Å². The summed E-state index contributed by atoms with van der Waals surface area (Å²) >= 11 is 1.32. The second-order valence-electron chi connectivity index (χ2n) is 6.78. The average molecular weight is 435 g/mol. The summed E-state index contributed by atoms with van der Waals surface area (Å²) in [5, 5.41) is 1.79. The molecule has 0 spiro atoms. The van der Waals surface area contributed by atoms with Crippen molar-refractivity contribution >= 4 is 33.3 Å². The summed E-state index contributed by atoms with van der Waals surface area (Å²) in [5.74, 6) is -2.05. The van der Waals surface area contributed by atoms with Crippen molar-refractivity contribution in [2.75, 3.05) is 39.3 Å². The van der Waals surface area contributed by atoms with Gasteiger partial charge in [-0.15, -0.1) is 11.3 Å². The lowest BCUT2D eigenvalue weighted by atomic mass is 10.1. The van der Waals surface area contributed by atoms with Crippen molar-refractivity contribution in [3.8, 4) is 17.2 Å². The van der Waals surface area contributed by atoms with Gasteiger partial charge in [0.1, 0.15) is 5.69 Å². The second-order valence-corrected chi connectivity index (χ2v) is 7.69. The fourth-order valence-corrected chi connectivity index (χ4v) is 4.22. The highest BCUT2D eigenvalue weighted by Gasteiger charge is 2.39. The first-order valence-corrected chi connectivity index (χ1v) is 9.97. The van der Waals surface area contributed by atoms with Gasteiger partial charge in [-0.25, -0.2) is 18.7 Å². The number of nitrogens with zero attached hydrogens (tertiary/aromatic N) is 3. The van der Waals surface area contributed by atoms with Crippen molar-refractivity contribution in [2.24, 2.45) is 0 Å². The van der Waals surface area contributed by atoms with Gasteiger partial charge in [0.25, 0.3) is 5.92 Å². The number of rotatable bonds is 6. The number of hydrogen-bond donors (Lipinski definition) is 0. The van der Waals surface area contributed by atoms with Gasteiger partial charge in [-0.05, 0) is 23.6 Å². The predicted molar refractivity (Wildman–Crippen MR) is 109 cm³/mol. The Morgan fingerprint density at radius 2 is 1.83 bits per heavy atom. The van der Waals surface area contributed by atoms with Crippen LogP contribution in [-0.2, 0) is 0 Å². The molecule has 1 aromatic carbocycles. The molecule has 158 valence electrons. The molecule has 0 atom stereocenters. The van der Waals surface area contributed by atoms with E-state index in [1.807, 2.05) is 0 Å². The largest absolute Gasteiger partial charge is 0.493 e. The Labute approximate surface area is 175 Å². The van der Waals surface area contributed by atoms with Crippen LogP contribution in [0.4, 0.5) is 14.7 Å². The monoisotopic (exact) mass is 435 g/mol. The summed E-state index contributed by atoms with van der Waals surface area (Å²) in [6.07, 6.45) is -0.270. The molecule has 3 heterocycles. The van der Waals surface area contributed by atoms with Gasteiger partial charge in [-0.3, -0.25) is 4.79 Å². The first-order valence-electron chi connectivity index (χ1n) is 9.09. The summed E-state index contributed by atoms with van der Waals surface area (Å²) in [7, 11) is 4.39. The van der Waals surface area contributed by atoms with Crippen molar-refractivity contribution in [3.05, 3.63) is 34.8 Å². The molecule has 1 aliphatic heterocycles. The minimum Gasteiger partial charge on any atom is -0.493 e. The van der Waals surface area contributed by atoms with Crippen LogP contribution < -0.4 is 19.1 Å². The van der Waals surface area contributed by atoms with E-state index in [0.717, 1.165) is 0 Å². The number of fused-ring (bicyclic) bond motifs is 1. The van der Waals surface area contributed by atoms with Gasteiger partial charge in [-0.1, -0.05) is 0 Å². The fourth-order valence-electron chi connectivity index (χ4n) is 3.40. The van der Waals surface area contributed by atoms with E-state index in [1.165, 1.54) is 49.7 Å². The summed E-state index contributed by atoms with van der Waals surface area (Å²) in [5.41, 5.74) is 0.959. The van der Waals surface area contributed by atoms with E-state index < -0.39 is 18.3 Å². The molecule has 30 heavy (non-hydrogen) atoms. The molecule has 0 radical (unpaired) electrons. The van der Waals surface area contributed by atoms with Crippen LogP contribution >= 0.6 is 11.3 Å². The molecular weight excluding hydrogens is 416 g/mol. The van der Waals surface area contributed by atoms with Crippen LogP contribution in [0.5, 0.6) is 17.2 Å². The van der Waals surface area contributed by atoms with Crippen molar-refractivity contribution in [3.63, 3.8) is 0 Å². The molecule has 0 bridgehead atoms. The average Bonchev–Trinajstić information content (AvgIpc) is 3.37. The minimum absolute atomic E-state index is 0.119. The van der Waals surface area contributed by atoms with Crippen molar-refractivity contribution in [1.82, 2.24) is 9.97 Å².